The molecular formula is C31H31F2NO6. The summed E-state index contributed by atoms with van der Waals surface area (Å²) in [6.07, 6.45) is 0. The first-order valence-corrected chi connectivity index (χ1v) is 12.7. The number of nitrogens with zero attached hydrogens (tertiary/aromatic N) is 1. The minimum atomic E-state index is -1.21. The fourth-order valence-electron chi connectivity index (χ4n) is 4.69. The summed E-state index contributed by atoms with van der Waals surface area (Å²) in [4.78, 5) is 28.1. The molecule has 3 aromatic rings. The van der Waals surface area contributed by atoms with Crippen molar-refractivity contribution in [3.63, 3.8) is 0 Å². The molecule has 210 valence electrons. The highest BCUT2D eigenvalue weighted by Crippen LogP contribution is 2.45. The van der Waals surface area contributed by atoms with Crippen LogP contribution in [0.5, 0.6) is 17.2 Å². The highest BCUT2D eigenvalue weighted by Gasteiger charge is 2.47. The zero-order valence-corrected chi connectivity index (χ0v) is 23.2. The summed E-state index contributed by atoms with van der Waals surface area (Å²) < 4.78 is 44.7. The van der Waals surface area contributed by atoms with Gasteiger partial charge in [0.05, 0.1) is 38.0 Å². The molecule has 1 aliphatic rings. The second-order valence-electron chi connectivity index (χ2n) is 10.3. The number of halogens is 2. The monoisotopic (exact) mass is 551 g/mol. The number of amides is 1. The molecule has 1 unspecified atom stereocenters. The minimum Gasteiger partial charge on any atom is -0.507 e. The van der Waals surface area contributed by atoms with E-state index in [1.807, 2.05) is 26.8 Å². The number of aliphatic hydroxyl groups is 1. The topological polar surface area (TPSA) is 85.3 Å². The minimum absolute atomic E-state index is 0.0609. The quantitative estimate of drug-likeness (QED) is 0.211. The van der Waals surface area contributed by atoms with Gasteiger partial charge in [0, 0.05) is 11.8 Å². The second kappa shape index (κ2) is 11.0. The van der Waals surface area contributed by atoms with E-state index in [0.717, 1.165) is 22.6 Å². The van der Waals surface area contributed by atoms with E-state index < -0.39 is 35.1 Å². The lowest BCUT2D eigenvalue weighted by Crippen LogP contribution is -2.29. The van der Waals surface area contributed by atoms with Gasteiger partial charge in [0.2, 0.25) is 0 Å². The van der Waals surface area contributed by atoms with Gasteiger partial charge in [-0.05, 0) is 59.9 Å². The van der Waals surface area contributed by atoms with Gasteiger partial charge in [-0.25, -0.2) is 8.78 Å². The molecule has 0 saturated carbocycles. The third-order valence-corrected chi connectivity index (χ3v) is 6.75. The Morgan fingerprint density at radius 1 is 0.900 bits per heavy atom. The van der Waals surface area contributed by atoms with Gasteiger partial charge in [-0.3, -0.25) is 14.5 Å². The van der Waals surface area contributed by atoms with Crippen LogP contribution in [0.15, 0.2) is 60.2 Å². The highest BCUT2D eigenvalue weighted by atomic mass is 19.2. The van der Waals surface area contributed by atoms with E-state index in [4.69, 9.17) is 14.2 Å². The van der Waals surface area contributed by atoms with Gasteiger partial charge >= 0.3 is 0 Å². The first kappa shape index (κ1) is 28.6. The summed E-state index contributed by atoms with van der Waals surface area (Å²) in [6.45, 7) is 8.07. The van der Waals surface area contributed by atoms with E-state index in [-0.39, 0.29) is 28.0 Å². The Bertz CT molecular complexity index is 1510. The van der Waals surface area contributed by atoms with E-state index >= 15 is 0 Å². The molecule has 4 rings (SSSR count). The van der Waals surface area contributed by atoms with Gasteiger partial charge < -0.3 is 19.3 Å². The van der Waals surface area contributed by atoms with Crippen molar-refractivity contribution in [2.24, 2.45) is 0 Å². The number of aliphatic hydroxyl groups excluding tert-OH is 1. The molecule has 0 radical (unpaired) electrons. The lowest BCUT2D eigenvalue weighted by molar-refractivity contribution is -0.132. The molecule has 3 aromatic carbocycles. The van der Waals surface area contributed by atoms with Crippen molar-refractivity contribution in [1.82, 2.24) is 0 Å². The number of rotatable bonds is 7. The number of methoxy groups -OCH3 is 2. The summed E-state index contributed by atoms with van der Waals surface area (Å²) in [5.41, 5.74) is 0.827. The van der Waals surface area contributed by atoms with Crippen molar-refractivity contribution in [1.29, 1.82) is 0 Å². The van der Waals surface area contributed by atoms with Gasteiger partial charge in [-0.1, -0.05) is 32.9 Å². The zero-order chi connectivity index (χ0) is 29.4. The fraction of sp³-hybridized carbons (Fsp3) is 0.290. The van der Waals surface area contributed by atoms with Crippen LogP contribution in [0.1, 0.15) is 50.4 Å². The Morgan fingerprint density at radius 3 is 2.17 bits per heavy atom. The maximum Gasteiger partial charge on any atom is 0.300 e. The van der Waals surface area contributed by atoms with Crippen LogP contribution in [-0.4, -0.2) is 37.6 Å². The SMILES string of the molecule is CCOc1cc(C2/C(=C(\O)c3cc(C(C)(C)C)ccc3OC)C(=O)C(=O)N2c2ccc(F)c(F)c2)ccc1OC. The molecule has 1 amide bonds. The van der Waals surface area contributed by atoms with Gasteiger partial charge in [0.25, 0.3) is 11.7 Å². The molecule has 1 heterocycles. The number of hydrogen-bond acceptors (Lipinski definition) is 6. The third kappa shape index (κ3) is 5.11. The molecule has 40 heavy (non-hydrogen) atoms. The first-order valence-electron chi connectivity index (χ1n) is 12.7. The van der Waals surface area contributed by atoms with Crippen molar-refractivity contribution < 1.29 is 37.7 Å². The summed E-state index contributed by atoms with van der Waals surface area (Å²) in [5.74, 6) is -3.74. The summed E-state index contributed by atoms with van der Waals surface area (Å²) in [5, 5.41) is 11.7. The number of anilines is 1. The van der Waals surface area contributed by atoms with Crippen LogP contribution in [-0.2, 0) is 15.0 Å². The van der Waals surface area contributed by atoms with E-state index in [2.05, 4.69) is 0 Å². The lowest BCUT2D eigenvalue weighted by atomic mass is 9.85. The summed E-state index contributed by atoms with van der Waals surface area (Å²) >= 11 is 0. The Balaban J connectivity index is 2.03. The maximum atomic E-state index is 14.3. The Kier molecular flexibility index (Phi) is 7.86. The molecule has 0 bridgehead atoms. The normalized spacial score (nSPS) is 16.8. The van der Waals surface area contributed by atoms with Crippen molar-refractivity contribution in [3.05, 3.63) is 88.5 Å². The first-order chi connectivity index (χ1) is 18.9. The molecule has 1 fully saturated rings. The van der Waals surface area contributed by atoms with Crippen LogP contribution in [0.3, 0.4) is 0 Å². The van der Waals surface area contributed by atoms with Gasteiger partial charge in [0.15, 0.2) is 23.1 Å². The molecule has 0 aliphatic carbocycles. The summed E-state index contributed by atoms with van der Waals surface area (Å²) in [6, 6.07) is 11.7. The molecule has 0 aromatic heterocycles. The van der Waals surface area contributed by atoms with E-state index in [9.17, 15) is 23.5 Å². The average Bonchev–Trinajstić information content (AvgIpc) is 3.19. The summed E-state index contributed by atoms with van der Waals surface area (Å²) in [7, 11) is 2.90. The lowest BCUT2D eigenvalue weighted by Gasteiger charge is -2.26. The average molecular weight is 552 g/mol. The molecule has 0 spiro atoms. The predicted octanol–water partition coefficient (Wildman–Crippen LogP) is 6.30. The van der Waals surface area contributed by atoms with Crippen LogP contribution in [0, 0.1) is 11.6 Å². The maximum absolute atomic E-state index is 14.3. The molecule has 1 saturated heterocycles. The molecule has 1 N–H and O–H groups in total. The molecule has 9 heteroatoms. The number of Topliss-reactive ketones (excluding diaryl/α,β-unsaturated/α-hetero) is 1. The standard InChI is InChI=1S/C31H31F2NO6/c1-7-40-25-14-17(8-12-24(25)39-6)27-26(28(35)20-15-18(31(2,3)4)9-13-23(20)38-5)29(36)30(37)34(27)19-10-11-21(32)22(33)16-19/h8-16,27,35H,7H2,1-6H3/b28-26+. The Labute approximate surface area is 231 Å². The Hall–Kier alpha value is -4.40. The van der Waals surface area contributed by atoms with Crippen molar-refractivity contribution in [3.8, 4) is 17.2 Å². The van der Waals surface area contributed by atoms with Crippen LogP contribution < -0.4 is 19.1 Å². The van der Waals surface area contributed by atoms with Crippen LogP contribution in [0.2, 0.25) is 0 Å². The van der Waals surface area contributed by atoms with Gasteiger partial charge in [-0.15, -0.1) is 0 Å². The van der Waals surface area contributed by atoms with Gasteiger partial charge in [0.1, 0.15) is 11.5 Å². The smallest absolute Gasteiger partial charge is 0.300 e. The van der Waals surface area contributed by atoms with Crippen LogP contribution in [0.4, 0.5) is 14.5 Å². The zero-order valence-electron chi connectivity index (χ0n) is 23.2. The molecular weight excluding hydrogens is 520 g/mol. The number of carbonyl (C=O) groups is 2. The molecule has 1 aliphatic heterocycles. The number of hydrogen-bond donors (Lipinski definition) is 1. The largest absolute Gasteiger partial charge is 0.507 e. The van der Waals surface area contributed by atoms with Crippen molar-refractivity contribution in [2.75, 3.05) is 25.7 Å². The number of benzene rings is 3. The predicted molar refractivity (Wildman–Crippen MR) is 147 cm³/mol. The highest BCUT2D eigenvalue weighted by molar-refractivity contribution is 6.51. The molecule has 1 atom stereocenters. The van der Waals surface area contributed by atoms with Crippen LogP contribution >= 0.6 is 0 Å². The van der Waals surface area contributed by atoms with Crippen molar-refractivity contribution in [2.45, 2.75) is 39.2 Å². The van der Waals surface area contributed by atoms with Crippen molar-refractivity contribution >= 4 is 23.1 Å². The van der Waals surface area contributed by atoms with E-state index in [1.54, 1.807) is 37.3 Å². The van der Waals surface area contributed by atoms with E-state index in [1.165, 1.54) is 20.3 Å². The number of ether oxygens (including phenoxy) is 3. The third-order valence-electron chi connectivity index (χ3n) is 6.75. The number of ketones is 1. The van der Waals surface area contributed by atoms with E-state index in [0.29, 0.717) is 23.7 Å². The number of carbonyl (C=O) groups excluding carboxylic acids is 2. The fourth-order valence-corrected chi connectivity index (χ4v) is 4.69. The Morgan fingerprint density at radius 2 is 1.57 bits per heavy atom. The molecule has 7 nitrogen and oxygen atoms in total. The van der Waals surface area contributed by atoms with Crippen LogP contribution in [0.25, 0.3) is 5.76 Å². The second-order valence-corrected chi connectivity index (χ2v) is 10.3. The van der Waals surface area contributed by atoms with Gasteiger partial charge in [-0.2, -0.15) is 0 Å².